The van der Waals surface area contributed by atoms with E-state index in [1.807, 2.05) is 7.05 Å². The summed E-state index contributed by atoms with van der Waals surface area (Å²) in [6, 6.07) is 0. The van der Waals surface area contributed by atoms with E-state index < -0.39 is 6.10 Å². The van der Waals surface area contributed by atoms with E-state index in [0.29, 0.717) is 11.7 Å². The Bertz CT molecular complexity index is 395. The molecule has 1 aliphatic rings. The van der Waals surface area contributed by atoms with Gasteiger partial charge in [0, 0.05) is 7.05 Å². The van der Waals surface area contributed by atoms with E-state index in [9.17, 15) is 5.11 Å². The Morgan fingerprint density at radius 3 is 2.68 bits per heavy atom. The minimum Gasteiger partial charge on any atom is -0.493 e. The van der Waals surface area contributed by atoms with E-state index in [4.69, 9.17) is 4.74 Å². The van der Waals surface area contributed by atoms with Crippen LogP contribution in [0.25, 0.3) is 0 Å². The number of aliphatic hydroxyl groups is 1. The molecule has 0 saturated heterocycles. The van der Waals surface area contributed by atoms with Gasteiger partial charge in [-0.25, -0.2) is 0 Å². The number of rotatable bonds is 5. The lowest BCUT2D eigenvalue weighted by molar-refractivity contribution is 0.0638. The van der Waals surface area contributed by atoms with E-state index in [2.05, 4.69) is 12.0 Å². The minimum atomic E-state index is -0.454. The van der Waals surface area contributed by atoms with E-state index in [1.165, 1.54) is 25.7 Å². The third-order valence-electron chi connectivity index (χ3n) is 4.48. The number of methoxy groups -OCH3 is 1. The van der Waals surface area contributed by atoms with Gasteiger partial charge in [0.1, 0.15) is 11.8 Å². The maximum atomic E-state index is 10.6. The lowest BCUT2D eigenvalue weighted by atomic mass is 9.77. The lowest BCUT2D eigenvalue weighted by Crippen LogP contribution is -2.22. The molecule has 0 spiro atoms. The SMILES string of the molecule is CCCC1CCC(C(O)c2c(OC)cnn2C)CC1. The number of aryl methyl sites for hydroxylation is 1. The molecule has 0 aromatic carbocycles. The molecule has 1 aromatic rings. The second-order valence-corrected chi connectivity index (χ2v) is 5.74. The zero-order chi connectivity index (χ0) is 13.8. The Morgan fingerprint density at radius 1 is 1.42 bits per heavy atom. The monoisotopic (exact) mass is 266 g/mol. The van der Waals surface area contributed by atoms with E-state index in [0.717, 1.165) is 24.5 Å². The van der Waals surface area contributed by atoms with Crippen LogP contribution in [0, 0.1) is 11.8 Å². The predicted octanol–water partition coefficient (Wildman–Crippen LogP) is 3.07. The molecule has 1 heterocycles. The maximum Gasteiger partial charge on any atom is 0.162 e. The summed E-state index contributed by atoms with van der Waals surface area (Å²) in [5, 5.41) is 14.8. The van der Waals surface area contributed by atoms with Crippen LogP contribution in [-0.2, 0) is 7.05 Å². The number of aliphatic hydroxyl groups excluding tert-OH is 1. The normalized spacial score (nSPS) is 25.3. The van der Waals surface area contributed by atoms with Gasteiger partial charge >= 0.3 is 0 Å². The minimum absolute atomic E-state index is 0.345. The molecule has 4 heteroatoms. The molecule has 0 bridgehead atoms. The van der Waals surface area contributed by atoms with Crippen LogP contribution in [0.5, 0.6) is 5.75 Å². The topological polar surface area (TPSA) is 47.3 Å². The third kappa shape index (κ3) is 3.11. The Balaban J connectivity index is 2.01. The van der Waals surface area contributed by atoms with Gasteiger partial charge in [-0.2, -0.15) is 5.10 Å². The Labute approximate surface area is 115 Å². The molecular weight excluding hydrogens is 240 g/mol. The highest BCUT2D eigenvalue weighted by Crippen LogP contribution is 2.40. The van der Waals surface area contributed by atoms with Crippen molar-refractivity contribution in [2.45, 2.75) is 51.6 Å². The van der Waals surface area contributed by atoms with Crippen molar-refractivity contribution >= 4 is 0 Å². The zero-order valence-electron chi connectivity index (χ0n) is 12.3. The van der Waals surface area contributed by atoms with Crippen molar-refractivity contribution < 1.29 is 9.84 Å². The van der Waals surface area contributed by atoms with Crippen molar-refractivity contribution in [1.82, 2.24) is 9.78 Å². The van der Waals surface area contributed by atoms with Crippen molar-refractivity contribution in [3.63, 3.8) is 0 Å². The molecule has 0 amide bonds. The lowest BCUT2D eigenvalue weighted by Gasteiger charge is -2.31. The molecule has 1 aliphatic carbocycles. The summed E-state index contributed by atoms with van der Waals surface area (Å²) in [6.45, 7) is 2.25. The highest BCUT2D eigenvalue weighted by atomic mass is 16.5. The van der Waals surface area contributed by atoms with Gasteiger partial charge in [0.05, 0.1) is 13.3 Å². The van der Waals surface area contributed by atoms with Gasteiger partial charge < -0.3 is 9.84 Å². The molecular formula is C15H26N2O2. The predicted molar refractivity (Wildman–Crippen MR) is 75.1 cm³/mol. The van der Waals surface area contributed by atoms with Gasteiger partial charge in [-0.05, 0) is 24.7 Å². The molecule has 1 N–H and O–H groups in total. The number of hydrogen-bond donors (Lipinski definition) is 1. The van der Waals surface area contributed by atoms with E-state index >= 15 is 0 Å². The summed E-state index contributed by atoms with van der Waals surface area (Å²) in [5.74, 6) is 1.91. The molecule has 1 aromatic heterocycles. The first-order valence-corrected chi connectivity index (χ1v) is 7.41. The van der Waals surface area contributed by atoms with Crippen LogP contribution in [0.2, 0.25) is 0 Å². The largest absolute Gasteiger partial charge is 0.493 e. The third-order valence-corrected chi connectivity index (χ3v) is 4.48. The molecule has 4 nitrogen and oxygen atoms in total. The van der Waals surface area contributed by atoms with E-state index in [-0.39, 0.29) is 0 Å². The van der Waals surface area contributed by atoms with Crippen LogP contribution < -0.4 is 4.74 Å². The van der Waals surface area contributed by atoms with E-state index in [1.54, 1.807) is 18.0 Å². The Kier molecular flexibility index (Phi) is 4.86. The molecule has 2 rings (SSSR count). The second-order valence-electron chi connectivity index (χ2n) is 5.74. The van der Waals surface area contributed by atoms with Crippen molar-refractivity contribution in [2.75, 3.05) is 7.11 Å². The zero-order valence-corrected chi connectivity index (χ0v) is 12.3. The summed E-state index contributed by atoms with van der Waals surface area (Å²) in [6.07, 6.45) is 8.54. The molecule has 1 saturated carbocycles. The number of nitrogens with zero attached hydrogens (tertiary/aromatic N) is 2. The Morgan fingerprint density at radius 2 is 2.11 bits per heavy atom. The summed E-state index contributed by atoms with van der Waals surface area (Å²) < 4.78 is 7.03. The first kappa shape index (κ1) is 14.4. The Hall–Kier alpha value is -1.03. The summed E-state index contributed by atoms with van der Waals surface area (Å²) in [5.41, 5.74) is 0.821. The molecule has 0 aliphatic heterocycles. The molecule has 1 unspecified atom stereocenters. The second kappa shape index (κ2) is 6.42. The fraction of sp³-hybridized carbons (Fsp3) is 0.800. The number of ether oxygens (including phenoxy) is 1. The van der Waals surface area contributed by atoms with Gasteiger partial charge in [-0.15, -0.1) is 0 Å². The molecule has 1 atom stereocenters. The quantitative estimate of drug-likeness (QED) is 0.891. The fourth-order valence-corrected chi connectivity index (χ4v) is 3.35. The van der Waals surface area contributed by atoms with Crippen LogP contribution in [0.4, 0.5) is 0 Å². The highest BCUT2D eigenvalue weighted by Gasteiger charge is 2.30. The first-order chi connectivity index (χ1) is 9.17. The number of hydrogen-bond acceptors (Lipinski definition) is 3. The molecule has 0 radical (unpaired) electrons. The van der Waals surface area contributed by atoms with Crippen molar-refractivity contribution in [1.29, 1.82) is 0 Å². The van der Waals surface area contributed by atoms with Crippen molar-refractivity contribution in [3.8, 4) is 5.75 Å². The maximum absolute atomic E-state index is 10.6. The summed E-state index contributed by atoms with van der Waals surface area (Å²) >= 11 is 0. The van der Waals surface area contributed by atoms with Crippen LogP contribution in [-0.4, -0.2) is 22.0 Å². The van der Waals surface area contributed by atoms with Gasteiger partial charge in [-0.1, -0.05) is 32.6 Å². The van der Waals surface area contributed by atoms with Crippen LogP contribution in [0.15, 0.2) is 6.20 Å². The average Bonchev–Trinajstić information content (AvgIpc) is 2.80. The van der Waals surface area contributed by atoms with Crippen molar-refractivity contribution in [3.05, 3.63) is 11.9 Å². The molecule has 1 fully saturated rings. The highest BCUT2D eigenvalue weighted by molar-refractivity contribution is 5.27. The van der Waals surface area contributed by atoms with Gasteiger partial charge in [-0.3, -0.25) is 4.68 Å². The van der Waals surface area contributed by atoms with Gasteiger partial charge in [0.2, 0.25) is 0 Å². The summed E-state index contributed by atoms with van der Waals surface area (Å²) in [7, 11) is 3.50. The van der Waals surface area contributed by atoms with Crippen LogP contribution >= 0.6 is 0 Å². The molecule has 108 valence electrons. The van der Waals surface area contributed by atoms with Gasteiger partial charge in [0.25, 0.3) is 0 Å². The summed E-state index contributed by atoms with van der Waals surface area (Å²) in [4.78, 5) is 0. The first-order valence-electron chi connectivity index (χ1n) is 7.41. The van der Waals surface area contributed by atoms with Crippen LogP contribution in [0.3, 0.4) is 0 Å². The van der Waals surface area contributed by atoms with Crippen LogP contribution in [0.1, 0.15) is 57.2 Å². The van der Waals surface area contributed by atoms with Crippen molar-refractivity contribution in [2.24, 2.45) is 18.9 Å². The smallest absolute Gasteiger partial charge is 0.162 e. The standard InChI is InChI=1S/C15H26N2O2/c1-4-5-11-6-8-12(9-7-11)15(18)14-13(19-3)10-16-17(14)2/h10-12,15,18H,4-9H2,1-3H3. The van der Waals surface area contributed by atoms with Gasteiger partial charge in [0.15, 0.2) is 5.75 Å². The number of aromatic nitrogens is 2. The molecule has 19 heavy (non-hydrogen) atoms. The fourth-order valence-electron chi connectivity index (χ4n) is 3.35. The average molecular weight is 266 g/mol.